The molecule has 0 saturated carbocycles. The number of hydrogen-bond donors (Lipinski definition) is 2. The maximum absolute atomic E-state index is 13.0. The SMILES string of the molecule is CSc1ccc(-c2ccc(S(C)(=O)=O)c(-c3ccc(NC(C)=O)cc3)c2-c2ccc(NS(C)(=O)=O)cc2)cc1. The van der Waals surface area contributed by atoms with Gasteiger partial charge >= 0.3 is 0 Å². The maximum Gasteiger partial charge on any atom is 0.229 e. The second-order valence-electron chi connectivity index (χ2n) is 9.07. The topological polar surface area (TPSA) is 109 Å². The van der Waals surface area contributed by atoms with E-state index in [1.807, 2.05) is 30.5 Å². The van der Waals surface area contributed by atoms with E-state index >= 15 is 0 Å². The molecule has 0 aliphatic rings. The molecule has 39 heavy (non-hydrogen) atoms. The van der Waals surface area contributed by atoms with Crippen LogP contribution in [0.15, 0.2) is 94.7 Å². The lowest BCUT2D eigenvalue weighted by molar-refractivity contribution is -0.114. The Morgan fingerprint density at radius 2 is 1.18 bits per heavy atom. The third kappa shape index (κ3) is 6.89. The van der Waals surface area contributed by atoms with Crippen LogP contribution in [0.2, 0.25) is 0 Å². The molecule has 0 atom stereocenters. The van der Waals surface area contributed by atoms with Gasteiger partial charge in [0.15, 0.2) is 9.84 Å². The molecule has 1 amide bonds. The number of anilines is 2. The summed E-state index contributed by atoms with van der Waals surface area (Å²) in [5.41, 5.74) is 5.28. The van der Waals surface area contributed by atoms with E-state index in [4.69, 9.17) is 0 Å². The number of sulfone groups is 1. The van der Waals surface area contributed by atoms with E-state index in [2.05, 4.69) is 10.0 Å². The molecule has 0 aliphatic heterocycles. The highest BCUT2D eigenvalue weighted by Crippen LogP contribution is 2.44. The van der Waals surface area contributed by atoms with Crippen LogP contribution in [-0.2, 0) is 24.7 Å². The fourth-order valence-corrected chi connectivity index (χ4v) is 6.21. The van der Waals surface area contributed by atoms with E-state index in [0.29, 0.717) is 33.6 Å². The Hall–Kier alpha value is -3.60. The lowest BCUT2D eigenvalue weighted by atomic mass is 9.87. The molecule has 0 saturated heterocycles. The summed E-state index contributed by atoms with van der Waals surface area (Å²) in [5, 5.41) is 2.73. The van der Waals surface area contributed by atoms with Crippen molar-refractivity contribution in [3.63, 3.8) is 0 Å². The number of carbonyl (C=O) groups is 1. The van der Waals surface area contributed by atoms with Crippen molar-refractivity contribution in [3.8, 4) is 33.4 Å². The van der Waals surface area contributed by atoms with Crippen LogP contribution in [0.3, 0.4) is 0 Å². The summed E-state index contributed by atoms with van der Waals surface area (Å²) in [5.74, 6) is -0.209. The van der Waals surface area contributed by atoms with E-state index in [0.717, 1.165) is 22.3 Å². The summed E-state index contributed by atoms with van der Waals surface area (Å²) in [7, 11) is -7.11. The molecule has 202 valence electrons. The fraction of sp³-hybridized carbons (Fsp3) is 0.138. The average molecular weight is 581 g/mol. The summed E-state index contributed by atoms with van der Waals surface area (Å²) in [6, 6.07) is 25.3. The minimum absolute atomic E-state index is 0.160. The Kier molecular flexibility index (Phi) is 8.20. The average Bonchev–Trinajstić information content (AvgIpc) is 2.87. The molecule has 4 rings (SSSR count). The standard InChI is InChI=1S/C29H28N2O5S3/c1-19(32)30-23-11-5-22(6-12-23)29-27(38(3,33)34)18-17-26(20-9-15-25(37-2)16-10-20)28(29)21-7-13-24(14-8-21)31-39(4,35)36/h5-18,31H,1-4H3,(H,30,32). The normalized spacial score (nSPS) is 11.7. The van der Waals surface area contributed by atoms with Crippen LogP contribution >= 0.6 is 11.8 Å². The van der Waals surface area contributed by atoms with Gasteiger partial charge in [0.1, 0.15) is 0 Å². The molecule has 4 aromatic rings. The molecular weight excluding hydrogens is 553 g/mol. The lowest BCUT2D eigenvalue weighted by Crippen LogP contribution is -2.09. The van der Waals surface area contributed by atoms with E-state index in [-0.39, 0.29) is 10.8 Å². The van der Waals surface area contributed by atoms with Crippen molar-refractivity contribution in [2.24, 2.45) is 0 Å². The Balaban J connectivity index is 2.03. The molecule has 0 unspecified atom stereocenters. The first-order valence-corrected chi connectivity index (χ1v) is 16.8. The molecule has 0 bridgehead atoms. The van der Waals surface area contributed by atoms with Gasteiger partial charge in [-0.05, 0) is 76.5 Å². The van der Waals surface area contributed by atoms with Gasteiger partial charge in [0, 0.05) is 35.0 Å². The summed E-state index contributed by atoms with van der Waals surface area (Å²) in [4.78, 5) is 12.8. The molecule has 0 heterocycles. The van der Waals surface area contributed by atoms with Crippen LogP contribution in [0.5, 0.6) is 0 Å². The minimum Gasteiger partial charge on any atom is -0.326 e. The number of amides is 1. The summed E-state index contributed by atoms with van der Waals surface area (Å²) in [6.07, 6.45) is 4.25. The van der Waals surface area contributed by atoms with Gasteiger partial charge in [0.25, 0.3) is 0 Å². The first kappa shape index (κ1) is 28.4. The molecule has 0 aromatic heterocycles. The van der Waals surface area contributed by atoms with Gasteiger partial charge < -0.3 is 5.32 Å². The highest BCUT2D eigenvalue weighted by Gasteiger charge is 2.23. The van der Waals surface area contributed by atoms with Crippen LogP contribution in [0, 0.1) is 0 Å². The third-order valence-electron chi connectivity index (χ3n) is 5.94. The molecular formula is C29H28N2O5S3. The van der Waals surface area contributed by atoms with Crippen LogP contribution < -0.4 is 10.0 Å². The van der Waals surface area contributed by atoms with Crippen LogP contribution in [0.4, 0.5) is 11.4 Å². The maximum atomic E-state index is 13.0. The third-order valence-corrected chi connectivity index (χ3v) is 8.43. The lowest BCUT2D eigenvalue weighted by Gasteiger charge is -2.20. The largest absolute Gasteiger partial charge is 0.326 e. The van der Waals surface area contributed by atoms with E-state index in [1.54, 1.807) is 72.4 Å². The van der Waals surface area contributed by atoms with Crippen molar-refractivity contribution in [2.45, 2.75) is 16.7 Å². The minimum atomic E-state index is -3.65. The van der Waals surface area contributed by atoms with Gasteiger partial charge in [0.2, 0.25) is 15.9 Å². The second-order valence-corrected chi connectivity index (χ2v) is 13.7. The van der Waals surface area contributed by atoms with Gasteiger partial charge in [0.05, 0.1) is 11.2 Å². The number of hydrogen-bond acceptors (Lipinski definition) is 6. The van der Waals surface area contributed by atoms with E-state index in [1.165, 1.54) is 13.2 Å². The van der Waals surface area contributed by atoms with Gasteiger partial charge in [-0.3, -0.25) is 9.52 Å². The molecule has 0 radical (unpaired) electrons. The van der Waals surface area contributed by atoms with Crippen LogP contribution in [-0.4, -0.2) is 41.5 Å². The molecule has 0 aliphatic carbocycles. The fourth-order valence-electron chi connectivity index (χ4n) is 4.33. The number of benzene rings is 4. The van der Waals surface area contributed by atoms with Gasteiger partial charge in [-0.1, -0.05) is 42.5 Å². The summed E-state index contributed by atoms with van der Waals surface area (Å²) in [6.45, 7) is 1.42. The summed E-state index contributed by atoms with van der Waals surface area (Å²) >= 11 is 1.63. The van der Waals surface area contributed by atoms with Crippen molar-refractivity contribution in [2.75, 3.05) is 28.8 Å². The van der Waals surface area contributed by atoms with Crippen molar-refractivity contribution in [1.29, 1.82) is 0 Å². The van der Waals surface area contributed by atoms with Gasteiger partial charge in [-0.15, -0.1) is 11.8 Å². The molecule has 0 spiro atoms. The molecule has 7 nitrogen and oxygen atoms in total. The van der Waals surface area contributed by atoms with E-state index in [9.17, 15) is 21.6 Å². The predicted molar refractivity (Wildman–Crippen MR) is 160 cm³/mol. The summed E-state index contributed by atoms with van der Waals surface area (Å²) < 4.78 is 52.0. The Morgan fingerprint density at radius 3 is 1.67 bits per heavy atom. The smallest absolute Gasteiger partial charge is 0.229 e. The predicted octanol–water partition coefficient (Wildman–Crippen LogP) is 6.14. The van der Waals surface area contributed by atoms with Crippen molar-refractivity contribution >= 4 is 48.9 Å². The number of nitrogens with one attached hydrogen (secondary N) is 2. The number of carbonyl (C=O) groups excluding carboxylic acids is 1. The first-order valence-electron chi connectivity index (χ1n) is 11.8. The zero-order valence-corrected chi connectivity index (χ0v) is 24.3. The Labute approximate surface area is 233 Å². The Bertz CT molecular complexity index is 1730. The highest BCUT2D eigenvalue weighted by atomic mass is 32.2. The van der Waals surface area contributed by atoms with E-state index < -0.39 is 19.9 Å². The van der Waals surface area contributed by atoms with Crippen molar-refractivity contribution in [3.05, 3.63) is 84.9 Å². The zero-order chi connectivity index (χ0) is 28.4. The number of sulfonamides is 1. The number of rotatable bonds is 8. The highest BCUT2D eigenvalue weighted by molar-refractivity contribution is 7.98. The molecule has 0 fully saturated rings. The van der Waals surface area contributed by atoms with Gasteiger partial charge in [-0.25, -0.2) is 16.8 Å². The van der Waals surface area contributed by atoms with Gasteiger partial charge in [-0.2, -0.15) is 0 Å². The zero-order valence-electron chi connectivity index (χ0n) is 21.8. The quantitative estimate of drug-likeness (QED) is 0.242. The van der Waals surface area contributed by atoms with Crippen molar-refractivity contribution in [1.82, 2.24) is 0 Å². The second kappa shape index (κ2) is 11.3. The first-order chi connectivity index (χ1) is 18.4. The number of thioether (sulfide) groups is 1. The molecule has 4 aromatic carbocycles. The van der Waals surface area contributed by atoms with Crippen LogP contribution in [0.1, 0.15) is 6.92 Å². The van der Waals surface area contributed by atoms with Crippen LogP contribution in [0.25, 0.3) is 33.4 Å². The Morgan fingerprint density at radius 1 is 0.667 bits per heavy atom. The molecule has 10 heteroatoms. The molecule has 2 N–H and O–H groups in total. The van der Waals surface area contributed by atoms with Crippen molar-refractivity contribution < 1.29 is 21.6 Å². The monoisotopic (exact) mass is 580 g/mol.